The van der Waals surface area contributed by atoms with Gasteiger partial charge in [0.05, 0.1) is 18.3 Å². The SMILES string of the molecule is CC1(C)CC1CNC(=O)Cc1ccc(N)cn1.Cl. The smallest absolute Gasteiger partial charge is 0.226 e. The third-order valence-corrected chi connectivity index (χ3v) is 3.45. The van der Waals surface area contributed by atoms with E-state index >= 15 is 0 Å². The number of pyridine rings is 1. The van der Waals surface area contributed by atoms with E-state index in [2.05, 4.69) is 24.1 Å². The molecule has 0 radical (unpaired) electrons. The van der Waals surface area contributed by atoms with Gasteiger partial charge in [-0.05, 0) is 29.9 Å². The molecule has 1 aliphatic rings. The van der Waals surface area contributed by atoms with E-state index in [1.807, 2.05) is 0 Å². The number of nitrogens with zero attached hydrogens (tertiary/aromatic N) is 1. The molecule has 0 spiro atoms. The number of halogens is 1. The molecule has 5 heteroatoms. The van der Waals surface area contributed by atoms with Crippen molar-refractivity contribution in [3.63, 3.8) is 0 Å². The van der Waals surface area contributed by atoms with Gasteiger partial charge < -0.3 is 11.1 Å². The Balaban J connectivity index is 0.00000162. The Morgan fingerprint density at radius 1 is 1.56 bits per heavy atom. The number of nitrogen functional groups attached to an aromatic ring is 1. The second-order valence-corrected chi connectivity index (χ2v) is 5.45. The Bertz CT molecular complexity index is 417. The van der Waals surface area contributed by atoms with Gasteiger partial charge in [-0.25, -0.2) is 0 Å². The lowest BCUT2D eigenvalue weighted by Gasteiger charge is -2.06. The third kappa shape index (κ3) is 3.88. The number of nitrogens with one attached hydrogen (secondary N) is 1. The van der Waals surface area contributed by atoms with Crippen molar-refractivity contribution in [2.45, 2.75) is 26.7 Å². The minimum Gasteiger partial charge on any atom is -0.397 e. The molecule has 4 nitrogen and oxygen atoms in total. The first-order valence-corrected chi connectivity index (χ1v) is 5.94. The molecular weight excluding hydrogens is 250 g/mol. The van der Waals surface area contributed by atoms with Gasteiger partial charge in [-0.3, -0.25) is 9.78 Å². The molecule has 1 unspecified atom stereocenters. The van der Waals surface area contributed by atoms with Crippen LogP contribution < -0.4 is 11.1 Å². The molecule has 0 aliphatic heterocycles. The molecule has 0 saturated heterocycles. The first-order chi connectivity index (χ1) is 7.97. The highest BCUT2D eigenvalue weighted by atomic mass is 35.5. The number of amides is 1. The number of nitrogens with two attached hydrogens (primary N) is 1. The van der Waals surface area contributed by atoms with Gasteiger partial charge in [0.15, 0.2) is 0 Å². The van der Waals surface area contributed by atoms with Crippen LogP contribution in [0.25, 0.3) is 0 Å². The largest absolute Gasteiger partial charge is 0.397 e. The number of carbonyl (C=O) groups excluding carboxylic acids is 1. The molecule has 18 heavy (non-hydrogen) atoms. The zero-order valence-corrected chi connectivity index (χ0v) is 11.6. The number of aromatic nitrogens is 1. The summed E-state index contributed by atoms with van der Waals surface area (Å²) in [5.41, 5.74) is 7.32. The van der Waals surface area contributed by atoms with Gasteiger partial charge in [-0.15, -0.1) is 12.4 Å². The third-order valence-electron chi connectivity index (χ3n) is 3.45. The van der Waals surface area contributed by atoms with Gasteiger partial charge in [0.2, 0.25) is 5.91 Å². The Labute approximate surface area is 114 Å². The quantitative estimate of drug-likeness (QED) is 0.876. The Morgan fingerprint density at radius 3 is 2.72 bits per heavy atom. The van der Waals surface area contributed by atoms with E-state index in [0.29, 0.717) is 23.4 Å². The predicted octanol–water partition coefficient (Wildman–Crippen LogP) is 1.79. The van der Waals surface area contributed by atoms with Crippen LogP contribution in [0.5, 0.6) is 0 Å². The van der Waals surface area contributed by atoms with E-state index in [0.717, 1.165) is 12.2 Å². The minimum absolute atomic E-state index is 0. The zero-order chi connectivity index (χ0) is 12.5. The molecule has 0 bridgehead atoms. The summed E-state index contributed by atoms with van der Waals surface area (Å²) in [4.78, 5) is 15.8. The summed E-state index contributed by atoms with van der Waals surface area (Å²) >= 11 is 0. The number of rotatable bonds is 4. The van der Waals surface area contributed by atoms with Crippen molar-refractivity contribution in [1.29, 1.82) is 0 Å². The van der Waals surface area contributed by atoms with Gasteiger partial charge >= 0.3 is 0 Å². The highest BCUT2D eigenvalue weighted by molar-refractivity contribution is 5.85. The lowest BCUT2D eigenvalue weighted by atomic mass is 10.1. The maximum atomic E-state index is 11.7. The summed E-state index contributed by atoms with van der Waals surface area (Å²) in [6, 6.07) is 3.55. The summed E-state index contributed by atoms with van der Waals surface area (Å²) in [6.07, 6.45) is 3.10. The average Bonchev–Trinajstić information content (AvgIpc) is 2.87. The zero-order valence-electron chi connectivity index (χ0n) is 10.8. The average molecular weight is 270 g/mol. The standard InChI is InChI=1S/C13H19N3O.ClH/c1-13(2)6-9(13)7-16-12(17)5-11-4-3-10(14)8-15-11;/h3-4,8-9H,5-7,14H2,1-2H3,(H,16,17);1H. The minimum atomic E-state index is 0. The summed E-state index contributed by atoms with van der Waals surface area (Å²) in [5.74, 6) is 0.663. The normalized spacial score (nSPS) is 19.8. The Morgan fingerprint density at radius 2 is 2.22 bits per heavy atom. The van der Waals surface area contributed by atoms with Gasteiger partial charge in [-0.1, -0.05) is 13.8 Å². The van der Waals surface area contributed by atoms with Crippen molar-refractivity contribution in [1.82, 2.24) is 10.3 Å². The topological polar surface area (TPSA) is 68.0 Å². The second-order valence-electron chi connectivity index (χ2n) is 5.45. The maximum Gasteiger partial charge on any atom is 0.226 e. The van der Waals surface area contributed by atoms with E-state index in [9.17, 15) is 4.79 Å². The summed E-state index contributed by atoms with van der Waals surface area (Å²) in [7, 11) is 0. The molecule has 1 aliphatic carbocycles. The molecule has 1 fully saturated rings. The molecule has 3 N–H and O–H groups in total. The van der Waals surface area contributed by atoms with Crippen molar-refractivity contribution in [2.75, 3.05) is 12.3 Å². The van der Waals surface area contributed by atoms with E-state index < -0.39 is 0 Å². The van der Waals surface area contributed by atoms with Crippen molar-refractivity contribution in [3.05, 3.63) is 24.0 Å². The van der Waals surface area contributed by atoms with Crippen molar-refractivity contribution < 1.29 is 4.79 Å². The van der Waals surface area contributed by atoms with Crippen molar-refractivity contribution in [2.24, 2.45) is 11.3 Å². The predicted molar refractivity (Wildman–Crippen MR) is 74.5 cm³/mol. The van der Waals surface area contributed by atoms with E-state index in [4.69, 9.17) is 5.73 Å². The first kappa shape index (κ1) is 14.8. The van der Waals surface area contributed by atoms with Gasteiger partial charge in [0.1, 0.15) is 0 Å². The van der Waals surface area contributed by atoms with Gasteiger partial charge in [0.25, 0.3) is 0 Å². The first-order valence-electron chi connectivity index (χ1n) is 5.94. The molecule has 1 aromatic heterocycles. The molecule has 1 aromatic rings. The molecule has 1 atom stereocenters. The fraction of sp³-hybridized carbons (Fsp3) is 0.538. The fourth-order valence-electron chi connectivity index (χ4n) is 1.93. The van der Waals surface area contributed by atoms with Gasteiger partial charge in [0, 0.05) is 12.2 Å². The number of carbonyl (C=O) groups is 1. The molecule has 1 saturated carbocycles. The van der Waals surface area contributed by atoms with Crippen LogP contribution in [0.4, 0.5) is 5.69 Å². The number of hydrogen-bond acceptors (Lipinski definition) is 3. The lowest BCUT2D eigenvalue weighted by molar-refractivity contribution is -0.120. The Hall–Kier alpha value is -1.29. The fourth-order valence-corrected chi connectivity index (χ4v) is 1.93. The van der Waals surface area contributed by atoms with Crippen LogP contribution in [0.3, 0.4) is 0 Å². The molecule has 100 valence electrons. The monoisotopic (exact) mass is 269 g/mol. The number of anilines is 1. The van der Waals surface area contributed by atoms with Crippen LogP contribution in [-0.4, -0.2) is 17.4 Å². The van der Waals surface area contributed by atoms with E-state index in [-0.39, 0.29) is 18.3 Å². The molecule has 1 amide bonds. The van der Waals surface area contributed by atoms with E-state index in [1.165, 1.54) is 6.42 Å². The van der Waals surface area contributed by atoms with Crippen molar-refractivity contribution >= 4 is 24.0 Å². The van der Waals surface area contributed by atoms with Crippen LogP contribution in [0.15, 0.2) is 18.3 Å². The second kappa shape index (κ2) is 5.57. The lowest BCUT2D eigenvalue weighted by Crippen LogP contribution is -2.28. The highest BCUT2D eigenvalue weighted by Gasteiger charge is 2.45. The van der Waals surface area contributed by atoms with Crippen molar-refractivity contribution in [3.8, 4) is 0 Å². The molecular formula is C13H20ClN3O. The summed E-state index contributed by atoms with van der Waals surface area (Å²) in [6.45, 7) is 5.23. The van der Waals surface area contributed by atoms with Crippen LogP contribution in [0.1, 0.15) is 26.0 Å². The summed E-state index contributed by atoms with van der Waals surface area (Å²) < 4.78 is 0. The van der Waals surface area contributed by atoms with E-state index in [1.54, 1.807) is 18.3 Å². The van der Waals surface area contributed by atoms with Crippen LogP contribution in [-0.2, 0) is 11.2 Å². The van der Waals surface area contributed by atoms with Crippen LogP contribution in [0.2, 0.25) is 0 Å². The maximum absolute atomic E-state index is 11.7. The summed E-state index contributed by atoms with van der Waals surface area (Å²) in [5, 5.41) is 2.95. The van der Waals surface area contributed by atoms with Crippen LogP contribution >= 0.6 is 12.4 Å². The number of hydrogen-bond donors (Lipinski definition) is 2. The molecule has 1 heterocycles. The molecule has 0 aromatic carbocycles. The Kier molecular flexibility index (Phi) is 4.57. The molecule has 2 rings (SSSR count). The van der Waals surface area contributed by atoms with Gasteiger partial charge in [-0.2, -0.15) is 0 Å². The highest BCUT2D eigenvalue weighted by Crippen LogP contribution is 2.50. The van der Waals surface area contributed by atoms with Crippen LogP contribution in [0, 0.1) is 11.3 Å².